The molecule has 0 aliphatic carbocycles. The van der Waals surface area contributed by atoms with Crippen molar-refractivity contribution in [2.75, 3.05) is 11.8 Å². The van der Waals surface area contributed by atoms with Gasteiger partial charge in [-0.15, -0.1) is 0 Å². The second kappa shape index (κ2) is 9.85. The number of unbranched alkanes of at least 4 members (excludes halogenated alkanes) is 2. The van der Waals surface area contributed by atoms with Crippen molar-refractivity contribution in [1.82, 2.24) is 15.8 Å². The van der Waals surface area contributed by atoms with Gasteiger partial charge in [-0.05, 0) is 58.5 Å². The van der Waals surface area contributed by atoms with E-state index in [0.29, 0.717) is 37.1 Å². The number of nitrogens with zero attached hydrogens (tertiary/aromatic N) is 3. The number of alkyl halides is 1. The van der Waals surface area contributed by atoms with Gasteiger partial charge in [0, 0.05) is 5.75 Å². The Morgan fingerprint density at radius 3 is 2.81 bits per heavy atom. The number of hydroxylamine groups is 1. The van der Waals surface area contributed by atoms with Gasteiger partial charge in [0.05, 0.1) is 19.9 Å². The SMILES string of the molecule is N=S(=O)(CF)CCCCCc1nonc1C(=Nc1ccc(F)c(Br)c1)NO. The number of benzene rings is 1. The molecule has 0 amide bonds. The second-order valence-electron chi connectivity index (χ2n) is 5.67. The average molecular weight is 466 g/mol. The first-order chi connectivity index (χ1) is 12.9. The second-order valence-corrected chi connectivity index (χ2v) is 8.77. The standard InChI is InChI=1S/C15H18BrF2N5O3S/c16-11-8-10(5-6-12(11)18)20-15(21-24)14-13(22-26-23-14)4-2-1-3-7-27(19,25)9-17/h5-6,8,19,24H,1-4,7,9H2,(H,20,21). The summed E-state index contributed by atoms with van der Waals surface area (Å²) in [7, 11) is -3.13. The van der Waals surface area contributed by atoms with Crippen molar-refractivity contribution in [2.24, 2.45) is 4.99 Å². The molecule has 3 N–H and O–H groups in total. The summed E-state index contributed by atoms with van der Waals surface area (Å²) in [6.45, 7) is 0. The lowest BCUT2D eigenvalue weighted by Crippen LogP contribution is -2.22. The van der Waals surface area contributed by atoms with E-state index in [1.807, 2.05) is 5.48 Å². The van der Waals surface area contributed by atoms with E-state index in [2.05, 4.69) is 31.2 Å². The number of rotatable bonds is 9. The summed E-state index contributed by atoms with van der Waals surface area (Å²) in [5, 5.41) is 16.9. The highest BCUT2D eigenvalue weighted by molar-refractivity contribution is 9.10. The fourth-order valence-electron chi connectivity index (χ4n) is 2.22. The molecule has 2 rings (SSSR count). The molecule has 0 saturated carbocycles. The third-order valence-electron chi connectivity index (χ3n) is 3.59. The van der Waals surface area contributed by atoms with Gasteiger partial charge in [-0.3, -0.25) is 15.5 Å². The van der Waals surface area contributed by atoms with Gasteiger partial charge in [0.25, 0.3) is 0 Å². The van der Waals surface area contributed by atoms with Crippen molar-refractivity contribution in [2.45, 2.75) is 25.7 Å². The molecule has 0 spiro atoms. The average Bonchev–Trinajstić information content (AvgIpc) is 3.10. The summed E-state index contributed by atoms with van der Waals surface area (Å²) in [4.78, 5) is 4.16. The number of amidine groups is 1. The Balaban J connectivity index is 2.03. The molecule has 1 aromatic carbocycles. The lowest BCUT2D eigenvalue weighted by molar-refractivity contribution is 0.234. The predicted octanol–water partition coefficient (Wildman–Crippen LogP) is 3.71. The van der Waals surface area contributed by atoms with Gasteiger partial charge in [-0.25, -0.2) is 22.6 Å². The number of hydrogen-bond donors (Lipinski definition) is 3. The van der Waals surface area contributed by atoms with Gasteiger partial charge < -0.3 is 0 Å². The predicted molar refractivity (Wildman–Crippen MR) is 98.8 cm³/mol. The molecule has 27 heavy (non-hydrogen) atoms. The van der Waals surface area contributed by atoms with Crippen molar-refractivity contribution in [3.63, 3.8) is 0 Å². The molecule has 1 heterocycles. The third-order valence-corrected chi connectivity index (χ3v) is 5.50. The van der Waals surface area contributed by atoms with Crippen molar-refractivity contribution >= 4 is 37.2 Å². The Morgan fingerprint density at radius 1 is 1.37 bits per heavy atom. The Hall–Kier alpha value is -1.92. The van der Waals surface area contributed by atoms with Crippen molar-refractivity contribution in [3.8, 4) is 0 Å². The molecule has 0 aliphatic rings. The minimum atomic E-state index is -3.13. The van der Waals surface area contributed by atoms with E-state index >= 15 is 0 Å². The molecule has 12 heteroatoms. The molecule has 1 unspecified atom stereocenters. The monoisotopic (exact) mass is 465 g/mol. The molecule has 0 radical (unpaired) electrons. The van der Waals surface area contributed by atoms with Crippen LogP contribution in [0.1, 0.15) is 30.7 Å². The summed E-state index contributed by atoms with van der Waals surface area (Å²) < 4.78 is 49.1. The molecule has 0 fully saturated rings. The van der Waals surface area contributed by atoms with E-state index in [-0.39, 0.29) is 21.8 Å². The van der Waals surface area contributed by atoms with Crippen LogP contribution in [0, 0.1) is 10.6 Å². The zero-order chi connectivity index (χ0) is 19.9. The zero-order valence-electron chi connectivity index (χ0n) is 14.1. The summed E-state index contributed by atoms with van der Waals surface area (Å²) in [6, 6.07) is 2.95. The largest absolute Gasteiger partial charge is 0.290 e. The minimum Gasteiger partial charge on any atom is -0.290 e. The molecule has 8 nitrogen and oxygen atoms in total. The maximum absolute atomic E-state index is 13.3. The quantitative estimate of drug-likeness (QED) is 0.224. The first-order valence-corrected chi connectivity index (χ1v) is 10.6. The van der Waals surface area contributed by atoms with Crippen molar-refractivity contribution < 1.29 is 22.8 Å². The van der Waals surface area contributed by atoms with Gasteiger partial charge in [0.1, 0.15) is 11.5 Å². The normalized spacial score (nSPS) is 14.1. The van der Waals surface area contributed by atoms with Gasteiger partial charge >= 0.3 is 0 Å². The van der Waals surface area contributed by atoms with Crippen LogP contribution in [-0.4, -0.2) is 37.3 Å². The summed E-state index contributed by atoms with van der Waals surface area (Å²) in [5.41, 5.74) is 2.93. The Bertz CT molecular complexity index is 905. The number of hydrogen-bond acceptors (Lipinski definition) is 7. The van der Waals surface area contributed by atoms with Gasteiger partial charge in [0.2, 0.25) is 0 Å². The van der Waals surface area contributed by atoms with Crippen LogP contribution < -0.4 is 5.48 Å². The highest BCUT2D eigenvalue weighted by Crippen LogP contribution is 2.23. The number of aryl methyl sites for hydroxylation is 1. The van der Waals surface area contributed by atoms with Crippen LogP contribution in [0.15, 0.2) is 32.3 Å². The van der Waals surface area contributed by atoms with Crippen LogP contribution in [0.5, 0.6) is 0 Å². The Morgan fingerprint density at radius 2 is 2.15 bits per heavy atom. The van der Waals surface area contributed by atoms with Crippen molar-refractivity contribution in [3.05, 3.63) is 39.9 Å². The summed E-state index contributed by atoms with van der Waals surface area (Å²) in [6.07, 6.45) is 2.12. The first kappa shape index (κ1) is 21.4. The fourth-order valence-corrected chi connectivity index (χ4v) is 3.37. The van der Waals surface area contributed by atoms with Gasteiger partial charge in [-0.2, -0.15) is 0 Å². The zero-order valence-corrected chi connectivity index (χ0v) is 16.5. The van der Waals surface area contributed by atoms with E-state index in [9.17, 15) is 18.2 Å². The topological polar surface area (TPSA) is 124 Å². The number of aromatic nitrogens is 2. The van der Waals surface area contributed by atoms with Crippen LogP contribution in [0.2, 0.25) is 0 Å². The van der Waals surface area contributed by atoms with Crippen LogP contribution in [0.4, 0.5) is 14.5 Å². The molecule has 2 aromatic rings. The lowest BCUT2D eigenvalue weighted by Gasteiger charge is -2.05. The lowest BCUT2D eigenvalue weighted by atomic mass is 10.1. The number of halogens is 3. The molecule has 1 aromatic heterocycles. The van der Waals surface area contributed by atoms with Crippen LogP contribution in [0.3, 0.4) is 0 Å². The molecule has 0 bridgehead atoms. The van der Waals surface area contributed by atoms with Gasteiger partial charge in [0.15, 0.2) is 17.5 Å². The highest BCUT2D eigenvalue weighted by atomic mass is 79.9. The fraction of sp³-hybridized carbons (Fsp3) is 0.400. The highest BCUT2D eigenvalue weighted by Gasteiger charge is 2.16. The molecule has 148 valence electrons. The van der Waals surface area contributed by atoms with Gasteiger partial charge in [-0.1, -0.05) is 11.6 Å². The van der Waals surface area contributed by atoms with E-state index < -0.39 is 21.6 Å². The maximum Gasteiger partial charge on any atom is 0.181 e. The van der Waals surface area contributed by atoms with E-state index in [0.717, 1.165) is 0 Å². The number of nitrogens with one attached hydrogen (secondary N) is 2. The summed E-state index contributed by atoms with van der Waals surface area (Å²) >= 11 is 3.06. The Labute approximate surface area is 163 Å². The third kappa shape index (κ3) is 6.33. The molecule has 1 atom stereocenters. The van der Waals surface area contributed by atoms with Crippen molar-refractivity contribution in [1.29, 1.82) is 4.78 Å². The molecule has 0 saturated heterocycles. The van der Waals surface area contributed by atoms with E-state index in [1.54, 1.807) is 0 Å². The van der Waals surface area contributed by atoms with E-state index in [1.165, 1.54) is 18.2 Å². The maximum atomic E-state index is 13.3. The first-order valence-electron chi connectivity index (χ1n) is 7.92. The summed E-state index contributed by atoms with van der Waals surface area (Å²) in [5.74, 6) is -0.449. The molecular formula is C15H18BrF2N5O3S. The Kier molecular flexibility index (Phi) is 7.80. The molecule has 0 aliphatic heterocycles. The van der Waals surface area contributed by atoms with E-state index in [4.69, 9.17) is 9.41 Å². The smallest absolute Gasteiger partial charge is 0.181 e. The van der Waals surface area contributed by atoms with Crippen LogP contribution in [0.25, 0.3) is 0 Å². The molecular weight excluding hydrogens is 448 g/mol. The number of aliphatic imine (C=N–C) groups is 1. The van der Waals surface area contributed by atoms with Crippen LogP contribution in [-0.2, 0) is 16.1 Å². The van der Waals surface area contributed by atoms with Crippen LogP contribution >= 0.6 is 15.9 Å². The minimum absolute atomic E-state index is 0.0117.